The number of thiophene rings is 1. The molecule has 0 bridgehead atoms. The van der Waals surface area contributed by atoms with Gasteiger partial charge in [-0.1, -0.05) is 6.07 Å². The summed E-state index contributed by atoms with van der Waals surface area (Å²) < 4.78 is 20.4. The van der Waals surface area contributed by atoms with Gasteiger partial charge < -0.3 is 10.5 Å². The van der Waals surface area contributed by atoms with E-state index < -0.39 is 0 Å². The number of rotatable bonds is 4. The second-order valence-corrected chi connectivity index (χ2v) is 6.95. The van der Waals surface area contributed by atoms with Crippen LogP contribution in [0.15, 0.2) is 34.1 Å². The highest BCUT2D eigenvalue weighted by molar-refractivity contribution is 9.11. The van der Waals surface area contributed by atoms with Crippen LogP contribution in [-0.2, 0) is 0 Å². The molecule has 5 heteroatoms. The molecule has 0 saturated carbocycles. The van der Waals surface area contributed by atoms with Crippen molar-refractivity contribution in [1.82, 2.24) is 0 Å². The number of halogens is 2. The Bertz CT molecular complexity index is 570. The first-order valence-electron chi connectivity index (χ1n) is 5.91. The summed E-state index contributed by atoms with van der Waals surface area (Å²) in [7, 11) is 0. The molecule has 1 aromatic heterocycles. The molecule has 1 aromatic carbocycles. The van der Waals surface area contributed by atoms with Crippen LogP contribution in [0.2, 0.25) is 0 Å². The van der Waals surface area contributed by atoms with E-state index in [1.165, 1.54) is 6.07 Å². The summed E-state index contributed by atoms with van der Waals surface area (Å²) in [5.41, 5.74) is 6.57. The predicted molar refractivity (Wildman–Crippen MR) is 80.2 cm³/mol. The highest BCUT2D eigenvalue weighted by atomic mass is 79.9. The Morgan fingerprint density at radius 1 is 1.32 bits per heavy atom. The molecule has 2 aromatic rings. The monoisotopic (exact) mass is 343 g/mol. The Labute approximate surface area is 124 Å². The number of aryl methyl sites for hydroxylation is 1. The maximum Gasteiger partial charge on any atom is 0.148 e. The first kappa shape index (κ1) is 14.5. The quantitative estimate of drug-likeness (QED) is 0.891. The summed E-state index contributed by atoms with van der Waals surface area (Å²) in [6.45, 7) is 3.60. The topological polar surface area (TPSA) is 35.2 Å². The highest BCUT2D eigenvalue weighted by Gasteiger charge is 2.20. The van der Waals surface area contributed by atoms with Crippen LogP contribution < -0.4 is 10.5 Å². The van der Waals surface area contributed by atoms with Gasteiger partial charge in [0.05, 0.1) is 3.79 Å². The molecule has 2 atom stereocenters. The molecule has 0 saturated heterocycles. The average Bonchev–Trinajstić information content (AvgIpc) is 2.76. The van der Waals surface area contributed by atoms with Crippen LogP contribution >= 0.6 is 27.3 Å². The summed E-state index contributed by atoms with van der Waals surface area (Å²) in [4.78, 5) is 1.02. The molecule has 2 rings (SSSR count). The lowest BCUT2D eigenvalue weighted by Gasteiger charge is -2.21. The van der Waals surface area contributed by atoms with Crippen molar-refractivity contribution in [3.05, 3.63) is 50.4 Å². The minimum Gasteiger partial charge on any atom is -0.483 e. The molecule has 0 spiro atoms. The van der Waals surface area contributed by atoms with Gasteiger partial charge in [-0.05, 0) is 53.5 Å². The fraction of sp³-hybridized carbons (Fsp3) is 0.286. The molecule has 0 aliphatic heterocycles. The van der Waals surface area contributed by atoms with E-state index in [1.807, 2.05) is 19.1 Å². The van der Waals surface area contributed by atoms with Crippen molar-refractivity contribution in [2.75, 3.05) is 0 Å². The molecule has 0 aliphatic carbocycles. The number of hydrogen-bond acceptors (Lipinski definition) is 3. The standard InChI is InChI=1S/C14H15BrFNOS/c1-8-3-4-10(7-11(8)16)18-14(9(2)17)12-5-6-13(15)19-12/h3-7,9,14H,17H2,1-2H3. The van der Waals surface area contributed by atoms with Crippen LogP contribution in [0.4, 0.5) is 4.39 Å². The van der Waals surface area contributed by atoms with Gasteiger partial charge in [0.2, 0.25) is 0 Å². The second kappa shape index (κ2) is 6.03. The first-order chi connectivity index (χ1) is 8.97. The number of hydrogen-bond donors (Lipinski definition) is 1. The largest absolute Gasteiger partial charge is 0.483 e. The third-order valence-electron chi connectivity index (χ3n) is 2.76. The van der Waals surface area contributed by atoms with Crippen LogP contribution in [0, 0.1) is 12.7 Å². The van der Waals surface area contributed by atoms with Gasteiger partial charge in [0.25, 0.3) is 0 Å². The van der Waals surface area contributed by atoms with Crippen LogP contribution in [-0.4, -0.2) is 6.04 Å². The average molecular weight is 344 g/mol. The van der Waals surface area contributed by atoms with E-state index in [2.05, 4.69) is 15.9 Å². The van der Waals surface area contributed by atoms with Gasteiger partial charge in [-0.25, -0.2) is 4.39 Å². The van der Waals surface area contributed by atoms with Crippen LogP contribution in [0.25, 0.3) is 0 Å². The van der Waals surface area contributed by atoms with Gasteiger partial charge in [0, 0.05) is 17.0 Å². The Balaban J connectivity index is 2.23. The summed E-state index contributed by atoms with van der Waals surface area (Å²) >= 11 is 4.99. The third-order valence-corrected chi connectivity index (χ3v) is 4.44. The lowest BCUT2D eigenvalue weighted by molar-refractivity contribution is 0.183. The molecule has 0 fully saturated rings. The van der Waals surface area contributed by atoms with Gasteiger partial charge in [0.15, 0.2) is 0 Å². The predicted octanol–water partition coefficient (Wildman–Crippen LogP) is 4.43. The molecule has 102 valence electrons. The maximum absolute atomic E-state index is 13.5. The zero-order chi connectivity index (χ0) is 14.0. The van der Waals surface area contributed by atoms with E-state index in [-0.39, 0.29) is 18.0 Å². The molecule has 0 aliphatic rings. The van der Waals surface area contributed by atoms with Crippen molar-refractivity contribution in [2.45, 2.75) is 26.0 Å². The maximum atomic E-state index is 13.5. The van der Waals surface area contributed by atoms with E-state index in [0.717, 1.165) is 8.66 Å². The van der Waals surface area contributed by atoms with Gasteiger partial charge in [0.1, 0.15) is 17.7 Å². The molecular weight excluding hydrogens is 329 g/mol. The molecule has 2 N–H and O–H groups in total. The normalized spacial score (nSPS) is 14.2. The number of nitrogens with two attached hydrogens (primary N) is 1. The van der Waals surface area contributed by atoms with Gasteiger partial charge in [-0.3, -0.25) is 0 Å². The lowest BCUT2D eigenvalue weighted by atomic mass is 10.1. The molecule has 0 amide bonds. The first-order valence-corrected chi connectivity index (χ1v) is 7.52. The molecule has 1 heterocycles. The minimum absolute atomic E-state index is 0.185. The molecule has 19 heavy (non-hydrogen) atoms. The van der Waals surface area contributed by atoms with E-state index in [9.17, 15) is 4.39 Å². The lowest BCUT2D eigenvalue weighted by Crippen LogP contribution is -2.28. The molecule has 2 nitrogen and oxygen atoms in total. The summed E-state index contributed by atoms with van der Waals surface area (Å²) in [5.74, 6) is 0.225. The number of benzene rings is 1. The smallest absolute Gasteiger partial charge is 0.148 e. The van der Waals surface area contributed by atoms with E-state index >= 15 is 0 Å². The van der Waals surface area contributed by atoms with Crippen molar-refractivity contribution < 1.29 is 9.13 Å². The second-order valence-electron chi connectivity index (χ2n) is 4.45. The van der Waals surface area contributed by atoms with Crippen molar-refractivity contribution in [3.63, 3.8) is 0 Å². The van der Waals surface area contributed by atoms with Crippen molar-refractivity contribution in [1.29, 1.82) is 0 Å². The van der Waals surface area contributed by atoms with Crippen LogP contribution in [0.3, 0.4) is 0 Å². The Hall–Kier alpha value is -0.910. The minimum atomic E-state index is -0.279. The van der Waals surface area contributed by atoms with Gasteiger partial charge in [-0.2, -0.15) is 0 Å². The SMILES string of the molecule is Cc1ccc(OC(c2ccc(Br)s2)C(C)N)cc1F. The number of ether oxygens (including phenoxy) is 1. The molecular formula is C14H15BrFNOS. The van der Waals surface area contributed by atoms with Crippen LogP contribution in [0.5, 0.6) is 5.75 Å². The van der Waals surface area contributed by atoms with Gasteiger partial charge in [-0.15, -0.1) is 11.3 Å². The van der Waals surface area contributed by atoms with E-state index in [4.69, 9.17) is 10.5 Å². The van der Waals surface area contributed by atoms with Gasteiger partial charge >= 0.3 is 0 Å². The highest BCUT2D eigenvalue weighted by Crippen LogP contribution is 2.32. The third kappa shape index (κ3) is 3.55. The summed E-state index contributed by atoms with van der Waals surface area (Å²) in [6.07, 6.45) is -0.279. The zero-order valence-corrected chi connectivity index (χ0v) is 13.1. The molecule has 2 unspecified atom stereocenters. The fourth-order valence-corrected chi connectivity index (χ4v) is 3.27. The van der Waals surface area contributed by atoms with Crippen molar-refractivity contribution >= 4 is 27.3 Å². The molecule has 0 radical (unpaired) electrons. The van der Waals surface area contributed by atoms with E-state index in [1.54, 1.807) is 30.4 Å². The van der Waals surface area contributed by atoms with Crippen LogP contribution in [0.1, 0.15) is 23.5 Å². The summed E-state index contributed by atoms with van der Waals surface area (Å²) in [6, 6.07) is 8.59. The Morgan fingerprint density at radius 2 is 2.05 bits per heavy atom. The fourth-order valence-electron chi connectivity index (χ4n) is 1.70. The zero-order valence-electron chi connectivity index (χ0n) is 10.7. The van der Waals surface area contributed by atoms with Crippen molar-refractivity contribution in [2.24, 2.45) is 5.73 Å². The Morgan fingerprint density at radius 3 is 2.58 bits per heavy atom. The summed E-state index contributed by atoms with van der Waals surface area (Å²) in [5, 5.41) is 0. The Kier molecular flexibility index (Phi) is 4.60. The van der Waals surface area contributed by atoms with E-state index in [0.29, 0.717) is 11.3 Å². The van der Waals surface area contributed by atoms with Crippen molar-refractivity contribution in [3.8, 4) is 5.75 Å².